The highest BCUT2D eigenvalue weighted by Crippen LogP contribution is 2.29. The zero-order valence-corrected chi connectivity index (χ0v) is 13.7. The van der Waals surface area contributed by atoms with Crippen molar-refractivity contribution in [2.45, 2.75) is 20.1 Å². The maximum absolute atomic E-state index is 9.26. The molecule has 0 fully saturated rings. The van der Waals surface area contributed by atoms with Crippen molar-refractivity contribution in [2.75, 3.05) is 7.11 Å². The number of benzene rings is 2. The van der Waals surface area contributed by atoms with Crippen LogP contribution < -0.4 is 9.47 Å². The van der Waals surface area contributed by atoms with Gasteiger partial charge in [0, 0.05) is 5.56 Å². The number of aliphatic hydroxyl groups is 1. The van der Waals surface area contributed by atoms with Crippen LogP contribution in [0, 0.1) is 6.92 Å². The van der Waals surface area contributed by atoms with Gasteiger partial charge in [-0.25, -0.2) is 4.98 Å². The van der Waals surface area contributed by atoms with Crippen molar-refractivity contribution < 1.29 is 19.0 Å². The van der Waals surface area contributed by atoms with Crippen molar-refractivity contribution in [1.29, 1.82) is 0 Å². The van der Waals surface area contributed by atoms with Crippen LogP contribution >= 0.6 is 0 Å². The summed E-state index contributed by atoms with van der Waals surface area (Å²) in [5.74, 6) is 2.46. The van der Waals surface area contributed by atoms with E-state index in [1.54, 1.807) is 25.3 Å². The second kappa shape index (κ2) is 7.19. The van der Waals surface area contributed by atoms with Gasteiger partial charge >= 0.3 is 0 Å². The minimum Gasteiger partial charge on any atom is -0.493 e. The SMILES string of the molecule is COc1ccc(CO)cc1OCc1nc(-c2ccccc2)oc1C. The number of ether oxygens (including phenoxy) is 2. The van der Waals surface area contributed by atoms with Crippen molar-refractivity contribution in [1.82, 2.24) is 4.98 Å². The molecule has 0 saturated carbocycles. The lowest BCUT2D eigenvalue weighted by molar-refractivity contribution is 0.269. The molecular formula is C19H19NO4. The summed E-state index contributed by atoms with van der Waals surface area (Å²) in [5.41, 5.74) is 2.41. The maximum atomic E-state index is 9.26. The van der Waals surface area contributed by atoms with Crippen LogP contribution in [0.25, 0.3) is 11.5 Å². The van der Waals surface area contributed by atoms with Gasteiger partial charge in [0.25, 0.3) is 0 Å². The molecule has 5 heteroatoms. The molecule has 0 radical (unpaired) electrons. The molecule has 1 N–H and O–H groups in total. The van der Waals surface area contributed by atoms with E-state index >= 15 is 0 Å². The number of aliphatic hydroxyl groups excluding tert-OH is 1. The molecule has 0 saturated heterocycles. The number of methoxy groups -OCH3 is 1. The Kier molecular flexibility index (Phi) is 4.82. The molecule has 5 nitrogen and oxygen atoms in total. The Morgan fingerprint density at radius 1 is 1.08 bits per heavy atom. The molecule has 1 heterocycles. The van der Waals surface area contributed by atoms with Crippen molar-refractivity contribution in [3.8, 4) is 23.0 Å². The second-order valence-electron chi connectivity index (χ2n) is 5.32. The summed E-state index contributed by atoms with van der Waals surface area (Å²) < 4.78 is 16.8. The molecule has 124 valence electrons. The van der Waals surface area contributed by atoms with Crippen LogP contribution in [0.1, 0.15) is 17.0 Å². The van der Waals surface area contributed by atoms with Crippen molar-refractivity contribution in [2.24, 2.45) is 0 Å². The first-order chi connectivity index (χ1) is 11.7. The standard InChI is InChI=1S/C19H19NO4/c1-13-16(20-19(24-13)15-6-4-3-5-7-15)12-23-18-10-14(11-21)8-9-17(18)22-2/h3-10,21H,11-12H2,1-2H3. The predicted molar refractivity (Wildman–Crippen MR) is 89.9 cm³/mol. The third-order valence-corrected chi connectivity index (χ3v) is 3.69. The van der Waals surface area contributed by atoms with E-state index in [0.717, 1.165) is 16.8 Å². The van der Waals surface area contributed by atoms with Gasteiger partial charge in [0.1, 0.15) is 18.1 Å². The number of hydrogen-bond acceptors (Lipinski definition) is 5. The van der Waals surface area contributed by atoms with Crippen LogP contribution in [0.3, 0.4) is 0 Å². The molecule has 3 rings (SSSR count). The van der Waals surface area contributed by atoms with Crippen molar-refractivity contribution in [3.05, 3.63) is 65.5 Å². The summed E-state index contributed by atoms with van der Waals surface area (Å²) in [4.78, 5) is 4.51. The Morgan fingerprint density at radius 3 is 2.58 bits per heavy atom. The average Bonchev–Trinajstić information content (AvgIpc) is 3.01. The van der Waals surface area contributed by atoms with Crippen molar-refractivity contribution >= 4 is 0 Å². The number of aryl methyl sites for hydroxylation is 1. The second-order valence-corrected chi connectivity index (χ2v) is 5.32. The van der Waals surface area contributed by atoms with E-state index < -0.39 is 0 Å². The van der Waals surface area contributed by atoms with Gasteiger partial charge in [-0.3, -0.25) is 0 Å². The van der Waals surface area contributed by atoms with Gasteiger partial charge in [0.2, 0.25) is 5.89 Å². The normalized spacial score (nSPS) is 10.6. The number of rotatable bonds is 6. The Bertz CT molecular complexity index is 811. The quantitative estimate of drug-likeness (QED) is 0.748. The third-order valence-electron chi connectivity index (χ3n) is 3.69. The summed E-state index contributed by atoms with van der Waals surface area (Å²) in [6.45, 7) is 2.06. The largest absolute Gasteiger partial charge is 0.493 e. The van der Waals surface area contributed by atoms with Gasteiger partial charge in [-0.1, -0.05) is 24.3 Å². The Morgan fingerprint density at radius 2 is 1.88 bits per heavy atom. The lowest BCUT2D eigenvalue weighted by Gasteiger charge is -2.11. The highest BCUT2D eigenvalue weighted by atomic mass is 16.5. The lowest BCUT2D eigenvalue weighted by Crippen LogP contribution is -2.00. The van der Waals surface area contributed by atoms with E-state index in [1.165, 1.54) is 0 Å². The van der Waals surface area contributed by atoms with Crippen LogP contribution in [-0.4, -0.2) is 17.2 Å². The van der Waals surface area contributed by atoms with Gasteiger partial charge in [-0.2, -0.15) is 0 Å². The molecule has 0 unspecified atom stereocenters. The number of aromatic nitrogens is 1. The summed E-state index contributed by atoms with van der Waals surface area (Å²) in [7, 11) is 1.58. The molecule has 0 bridgehead atoms. The molecular weight excluding hydrogens is 306 g/mol. The van der Waals surface area contributed by atoms with Crippen LogP contribution in [-0.2, 0) is 13.2 Å². The molecule has 0 aliphatic rings. The maximum Gasteiger partial charge on any atom is 0.226 e. The van der Waals surface area contributed by atoms with E-state index in [9.17, 15) is 5.11 Å². The topological polar surface area (TPSA) is 64.7 Å². The molecule has 0 atom stereocenters. The summed E-state index contributed by atoms with van der Waals surface area (Å²) in [6, 6.07) is 15.0. The fraction of sp³-hybridized carbons (Fsp3) is 0.211. The highest BCUT2D eigenvalue weighted by Gasteiger charge is 2.13. The van der Waals surface area contributed by atoms with Gasteiger partial charge in [0.15, 0.2) is 11.5 Å². The number of nitrogens with zero attached hydrogens (tertiary/aromatic N) is 1. The molecule has 0 aliphatic heterocycles. The van der Waals surface area contributed by atoms with E-state index in [2.05, 4.69) is 4.98 Å². The van der Waals surface area contributed by atoms with E-state index in [-0.39, 0.29) is 13.2 Å². The smallest absolute Gasteiger partial charge is 0.226 e. The summed E-state index contributed by atoms with van der Waals surface area (Å²) >= 11 is 0. The Labute approximate surface area is 140 Å². The van der Waals surface area contributed by atoms with Gasteiger partial charge in [-0.05, 0) is 36.8 Å². The summed E-state index contributed by atoms with van der Waals surface area (Å²) in [5, 5.41) is 9.26. The van der Waals surface area contributed by atoms with E-state index in [1.807, 2.05) is 37.3 Å². The molecule has 1 aromatic heterocycles. The summed E-state index contributed by atoms with van der Waals surface area (Å²) in [6.07, 6.45) is 0. The monoisotopic (exact) mass is 325 g/mol. The van der Waals surface area contributed by atoms with Crippen LogP contribution in [0.15, 0.2) is 52.9 Å². The molecule has 0 spiro atoms. The minimum atomic E-state index is -0.0541. The lowest BCUT2D eigenvalue weighted by atomic mass is 10.2. The molecule has 24 heavy (non-hydrogen) atoms. The van der Waals surface area contributed by atoms with Gasteiger partial charge < -0.3 is 19.0 Å². The third kappa shape index (κ3) is 3.41. The van der Waals surface area contributed by atoms with E-state index in [0.29, 0.717) is 23.1 Å². The zero-order valence-electron chi connectivity index (χ0n) is 13.7. The minimum absolute atomic E-state index is 0.0541. The first-order valence-electron chi connectivity index (χ1n) is 7.63. The molecule has 0 aliphatic carbocycles. The fourth-order valence-electron chi connectivity index (χ4n) is 2.34. The van der Waals surface area contributed by atoms with E-state index in [4.69, 9.17) is 13.9 Å². The van der Waals surface area contributed by atoms with Gasteiger partial charge in [-0.15, -0.1) is 0 Å². The van der Waals surface area contributed by atoms with Crippen LogP contribution in [0.2, 0.25) is 0 Å². The fourth-order valence-corrected chi connectivity index (χ4v) is 2.34. The Hall–Kier alpha value is -2.79. The van der Waals surface area contributed by atoms with Crippen LogP contribution in [0.4, 0.5) is 0 Å². The zero-order chi connectivity index (χ0) is 16.9. The highest BCUT2D eigenvalue weighted by molar-refractivity contribution is 5.53. The molecule has 0 amide bonds. The molecule has 2 aromatic carbocycles. The first kappa shape index (κ1) is 16.1. The van der Waals surface area contributed by atoms with Crippen LogP contribution in [0.5, 0.6) is 11.5 Å². The van der Waals surface area contributed by atoms with Gasteiger partial charge in [0.05, 0.1) is 13.7 Å². The average molecular weight is 325 g/mol. The molecule has 3 aromatic rings. The predicted octanol–water partition coefficient (Wildman–Crippen LogP) is 3.73. The van der Waals surface area contributed by atoms with Crippen molar-refractivity contribution in [3.63, 3.8) is 0 Å². The number of oxazole rings is 1. The Balaban J connectivity index is 1.79. The first-order valence-corrected chi connectivity index (χ1v) is 7.63. The number of hydrogen-bond donors (Lipinski definition) is 1.